The normalized spacial score (nSPS) is 32.2. The van der Waals surface area contributed by atoms with Gasteiger partial charge in [-0.3, -0.25) is 4.90 Å². The highest BCUT2D eigenvalue weighted by atomic mass is 15.4. The molecule has 1 aromatic heterocycles. The monoisotopic (exact) mass is 405 g/mol. The lowest BCUT2D eigenvalue weighted by Crippen LogP contribution is -2.62. The van der Waals surface area contributed by atoms with E-state index in [2.05, 4.69) is 63.9 Å². The van der Waals surface area contributed by atoms with Gasteiger partial charge in [0.15, 0.2) is 0 Å². The van der Waals surface area contributed by atoms with Gasteiger partial charge in [-0.15, -0.1) is 0 Å². The summed E-state index contributed by atoms with van der Waals surface area (Å²) in [7, 11) is 0. The molecule has 4 aliphatic rings. The molecule has 5 heterocycles. The van der Waals surface area contributed by atoms with Crippen molar-refractivity contribution in [1.82, 2.24) is 19.8 Å². The van der Waals surface area contributed by atoms with Crippen LogP contribution in [0.2, 0.25) is 0 Å². The first-order valence-corrected chi connectivity index (χ1v) is 11.8. The van der Waals surface area contributed by atoms with E-state index in [-0.39, 0.29) is 0 Å². The lowest BCUT2D eigenvalue weighted by molar-refractivity contribution is 0.0233. The number of fused-ring (bicyclic) bond motifs is 4. The molecule has 4 fully saturated rings. The van der Waals surface area contributed by atoms with Crippen molar-refractivity contribution in [2.45, 2.75) is 51.1 Å². The van der Waals surface area contributed by atoms with Crippen LogP contribution in [0.25, 0.3) is 11.3 Å². The van der Waals surface area contributed by atoms with Crippen molar-refractivity contribution in [3.05, 3.63) is 42.6 Å². The third kappa shape index (κ3) is 3.63. The molecular formula is C25H35N5. The number of anilines is 1. The minimum Gasteiger partial charge on any atom is -0.335 e. The summed E-state index contributed by atoms with van der Waals surface area (Å²) in [6.07, 6.45) is 7.10. The summed E-state index contributed by atoms with van der Waals surface area (Å²) in [6.45, 7) is 12.0. The zero-order chi connectivity index (χ0) is 20.6. The van der Waals surface area contributed by atoms with E-state index in [9.17, 15) is 0 Å². The molecule has 30 heavy (non-hydrogen) atoms. The zero-order valence-electron chi connectivity index (χ0n) is 18.5. The highest BCUT2D eigenvalue weighted by molar-refractivity contribution is 5.60. The van der Waals surface area contributed by atoms with Crippen LogP contribution < -0.4 is 4.90 Å². The summed E-state index contributed by atoms with van der Waals surface area (Å²) in [6, 6.07) is 12.9. The van der Waals surface area contributed by atoms with Crippen LogP contribution in [0.4, 0.5) is 5.95 Å². The van der Waals surface area contributed by atoms with Gasteiger partial charge in [-0.05, 0) is 64.2 Å². The Hall–Kier alpha value is -1.98. The highest BCUT2D eigenvalue weighted by Crippen LogP contribution is 2.40. The van der Waals surface area contributed by atoms with Gasteiger partial charge < -0.3 is 9.80 Å². The third-order valence-corrected chi connectivity index (χ3v) is 8.05. The van der Waals surface area contributed by atoms with Crippen molar-refractivity contribution in [3.8, 4) is 11.3 Å². The van der Waals surface area contributed by atoms with Crippen molar-refractivity contribution in [2.24, 2.45) is 5.92 Å². The Balaban J connectivity index is 1.36. The molecule has 0 spiro atoms. The number of piperidine rings is 1. The van der Waals surface area contributed by atoms with Crippen LogP contribution in [-0.2, 0) is 0 Å². The van der Waals surface area contributed by atoms with Crippen LogP contribution >= 0.6 is 0 Å². The van der Waals surface area contributed by atoms with Gasteiger partial charge in [0.05, 0.1) is 5.69 Å². The molecule has 1 aromatic carbocycles. The summed E-state index contributed by atoms with van der Waals surface area (Å²) >= 11 is 0. The van der Waals surface area contributed by atoms with Crippen molar-refractivity contribution in [3.63, 3.8) is 0 Å². The minimum absolute atomic E-state index is 0.345. The van der Waals surface area contributed by atoms with Crippen LogP contribution in [0.15, 0.2) is 42.6 Å². The maximum absolute atomic E-state index is 4.96. The van der Waals surface area contributed by atoms with E-state index in [1.165, 1.54) is 38.9 Å². The summed E-state index contributed by atoms with van der Waals surface area (Å²) in [5, 5.41) is 0. The first-order chi connectivity index (χ1) is 14.7. The molecule has 0 radical (unpaired) electrons. The second kappa shape index (κ2) is 8.27. The van der Waals surface area contributed by atoms with Gasteiger partial charge in [0, 0.05) is 43.0 Å². The highest BCUT2D eigenvalue weighted by Gasteiger charge is 2.46. The number of nitrogens with zero attached hydrogens (tertiary/aromatic N) is 5. The molecular weight excluding hydrogens is 370 g/mol. The Morgan fingerprint density at radius 1 is 1.00 bits per heavy atom. The van der Waals surface area contributed by atoms with Crippen LogP contribution in [-0.4, -0.2) is 70.6 Å². The first-order valence-electron chi connectivity index (χ1n) is 11.8. The van der Waals surface area contributed by atoms with E-state index in [0.29, 0.717) is 11.6 Å². The van der Waals surface area contributed by atoms with Gasteiger partial charge in [-0.1, -0.05) is 37.3 Å². The smallest absolute Gasteiger partial charge is 0.226 e. The Bertz CT molecular complexity index is 848. The van der Waals surface area contributed by atoms with Gasteiger partial charge in [0.2, 0.25) is 5.95 Å². The molecule has 4 saturated heterocycles. The van der Waals surface area contributed by atoms with E-state index in [4.69, 9.17) is 4.98 Å². The number of piperazine rings is 1. The molecule has 0 N–H and O–H groups in total. The molecule has 4 aliphatic heterocycles. The fourth-order valence-corrected chi connectivity index (χ4v) is 5.97. The maximum Gasteiger partial charge on any atom is 0.226 e. The van der Waals surface area contributed by atoms with E-state index < -0.39 is 0 Å². The number of rotatable bonds is 4. The molecule has 160 valence electrons. The molecule has 6 rings (SSSR count). The molecule has 2 bridgehead atoms. The molecule has 5 heteroatoms. The first kappa shape index (κ1) is 20.0. The molecule has 5 nitrogen and oxygen atoms in total. The van der Waals surface area contributed by atoms with Gasteiger partial charge in [0.25, 0.3) is 0 Å². The Labute approximate surface area is 181 Å². The summed E-state index contributed by atoms with van der Waals surface area (Å²) in [5.41, 5.74) is 2.52. The van der Waals surface area contributed by atoms with E-state index >= 15 is 0 Å². The average molecular weight is 406 g/mol. The number of hydrogen-bond donors (Lipinski definition) is 0. The molecule has 0 aliphatic carbocycles. The van der Waals surface area contributed by atoms with Gasteiger partial charge in [-0.25, -0.2) is 9.97 Å². The van der Waals surface area contributed by atoms with Crippen molar-refractivity contribution < 1.29 is 0 Å². The fourth-order valence-electron chi connectivity index (χ4n) is 5.97. The third-order valence-electron chi connectivity index (χ3n) is 8.05. The lowest BCUT2D eigenvalue weighted by atomic mass is 9.77. The van der Waals surface area contributed by atoms with Crippen LogP contribution in [0, 0.1) is 5.92 Å². The predicted molar refractivity (Wildman–Crippen MR) is 123 cm³/mol. The Morgan fingerprint density at radius 3 is 2.57 bits per heavy atom. The molecule has 2 aromatic rings. The zero-order valence-corrected chi connectivity index (χ0v) is 18.5. The van der Waals surface area contributed by atoms with Crippen LogP contribution in [0.5, 0.6) is 0 Å². The van der Waals surface area contributed by atoms with E-state index in [1.807, 2.05) is 12.3 Å². The van der Waals surface area contributed by atoms with Gasteiger partial charge in [0.1, 0.15) is 0 Å². The fraction of sp³-hybridized carbons (Fsp3) is 0.600. The van der Waals surface area contributed by atoms with Crippen molar-refractivity contribution in [2.75, 3.05) is 44.2 Å². The van der Waals surface area contributed by atoms with Crippen molar-refractivity contribution >= 4 is 5.95 Å². The van der Waals surface area contributed by atoms with Crippen molar-refractivity contribution in [1.29, 1.82) is 0 Å². The van der Waals surface area contributed by atoms with Crippen LogP contribution in [0.1, 0.15) is 39.5 Å². The average Bonchev–Trinajstić information content (AvgIpc) is 3.09. The SMILES string of the molecule is CCC1CN(C2(C)CCN3CCC2CC3)CCN1c1nccc(-c2ccccc2)n1. The van der Waals surface area contributed by atoms with Gasteiger partial charge >= 0.3 is 0 Å². The largest absolute Gasteiger partial charge is 0.335 e. The lowest BCUT2D eigenvalue weighted by Gasteiger charge is -2.52. The topological polar surface area (TPSA) is 35.5 Å². The van der Waals surface area contributed by atoms with Gasteiger partial charge in [-0.2, -0.15) is 0 Å². The quantitative estimate of drug-likeness (QED) is 0.770. The maximum atomic E-state index is 4.96. The second-order valence-corrected chi connectivity index (χ2v) is 9.53. The molecule has 2 atom stereocenters. The number of aromatic nitrogens is 2. The molecule has 0 saturated carbocycles. The van der Waals surface area contributed by atoms with Crippen LogP contribution in [0.3, 0.4) is 0 Å². The standard InChI is InChI=1S/C25H35N5/c1-3-22-19-29(25(2)12-16-28-14-10-21(25)11-15-28)17-18-30(22)24-26-13-9-23(27-24)20-7-5-4-6-8-20/h4-9,13,21-22H,3,10-12,14-19H2,1-2H3. The predicted octanol–water partition coefficient (Wildman–Crippen LogP) is 3.92. The summed E-state index contributed by atoms with van der Waals surface area (Å²) in [4.78, 5) is 17.6. The minimum atomic E-state index is 0.345. The van der Waals surface area contributed by atoms with E-state index in [1.54, 1.807) is 0 Å². The Kier molecular flexibility index (Phi) is 5.50. The summed E-state index contributed by atoms with van der Waals surface area (Å²) < 4.78 is 0. The number of benzene rings is 1. The number of hydrogen-bond acceptors (Lipinski definition) is 5. The summed E-state index contributed by atoms with van der Waals surface area (Å²) in [5.74, 6) is 1.74. The molecule has 0 amide bonds. The Morgan fingerprint density at radius 2 is 1.80 bits per heavy atom. The molecule has 2 unspecified atom stereocenters. The van der Waals surface area contributed by atoms with E-state index in [0.717, 1.165) is 49.2 Å². The second-order valence-electron chi connectivity index (χ2n) is 9.53.